The van der Waals surface area contributed by atoms with Crippen LogP contribution in [0.2, 0.25) is 5.02 Å². The van der Waals surface area contributed by atoms with E-state index in [4.69, 9.17) is 16.7 Å². The molecule has 0 aliphatic heterocycles. The largest absolute Gasteiger partial charge is 0.354 e. The van der Waals surface area contributed by atoms with Gasteiger partial charge in [0.1, 0.15) is 5.69 Å². The molecule has 1 amide bonds. The highest BCUT2D eigenvalue weighted by molar-refractivity contribution is 6.30. The maximum atomic E-state index is 11.5. The smallest absolute Gasteiger partial charge is 0.217 e. The van der Waals surface area contributed by atoms with E-state index in [2.05, 4.69) is 15.4 Å². The molecule has 1 saturated carbocycles. The molecule has 2 aromatic heterocycles. The van der Waals surface area contributed by atoms with Crippen LogP contribution in [-0.2, 0) is 4.79 Å². The van der Waals surface area contributed by atoms with Gasteiger partial charge in [-0.2, -0.15) is 5.10 Å². The predicted octanol–water partition coefficient (Wildman–Crippen LogP) is 5.34. The number of carbonyl (C=O) groups is 1. The average molecular weight is 409 g/mol. The summed E-state index contributed by atoms with van der Waals surface area (Å²) in [5.41, 5.74) is 5.39. The lowest BCUT2D eigenvalue weighted by Crippen LogP contribution is -2.32. The fourth-order valence-corrected chi connectivity index (χ4v) is 4.43. The number of aromatic amines is 1. The van der Waals surface area contributed by atoms with Crippen molar-refractivity contribution in [2.24, 2.45) is 0 Å². The van der Waals surface area contributed by atoms with Crippen molar-refractivity contribution in [2.75, 3.05) is 0 Å². The van der Waals surface area contributed by atoms with Crippen LogP contribution in [0, 0.1) is 0 Å². The number of rotatable bonds is 4. The van der Waals surface area contributed by atoms with Crippen molar-refractivity contribution in [2.45, 2.75) is 51.0 Å². The minimum atomic E-state index is 0.0532. The molecule has 2 atom stereocenters. The lowest BCUT2D eigenvalue weighted by Gasteiger charge is -2.17. The topological polar surface area (TPSA) is 70.7 Å². The van der Waals surface area contributed by atoms with E-state index in [1.807, 2.05) is 48.8 Å². The number of nitrogens with zero attached hydrogens (tertiary/aromatic N) is 2. The van der Waals surface area contributed by atoms with Gasteiger partial charge in [-0.1, -0.05) is 30.2 Å². The number of aromatic nitrogens is 3. The predicted molar refractivity (Wildman–Crippen MR) is 116 cm³/mol. The molecule has 5 nitrogen and oxygen atoms in total. The molecule has 0 saturated heterocycles. The number of halogens is 1. The number of carbonyl (C=O) groups excluding carboxylic acids is 1. The number of nitrogens with one attached hydrogen (secondary N) is 2. The third-order valence-electron chi connectivity index (χ3n) is 5.67. The van der Waals surface area contributed by atoms with Gasteiger partial charge in [-0.05, 0) is 55.5 Å². The summed E-state index contributed by atoms with van der Waals surface area (Å²) >= 11 is 6.08. The van der Waals surface area contributed by atoms with Crippen molar-refractivity contribution in [3.05, 3.63) is 59.5 Å². The first-order chi connectivity index (χ1) is 14.1. The zero-order valence-corrected chi connectivity index (χ0v) is 17.2. The first kappa shape index (κ1) is 19.6. The normalized spacial score (nSPS) is 19.5. The highest BCUT2D eigenvalue weighted by Crippen LogP contribution is 2.41. The second kappa shape index (κ2) is 8.78. The molecular weight excluding hydrogens is 384 g/mol. The van der Waals surface area contributed by atoms with Crippen LogP contribution in [0.25, 0.3) is 22.4 Å². The molecule has 0 radical (unpaired) electrons. The van der Waals surface area contributed by atoms with Crippen LogP contribution in [0.4, 0.5) is 0 Å². The molecule has 0 spiro atoms. The van der Waals surface area contributed by atoms with Crippen LogP contribution in [0.1, 0.15) is 50.6 Å². The Hall–Kier alpha value is -2.66. The van der Waals surface area contributed by atoms with Crippen molar-refractivity contribution in [3.8, 4) is 22.4 Å². The van der Waals surface area contributed by atoms with Crippen molar-refractivity contribution < 1.29 is 4.79 Å². The Kier molecular flexibility index (Phi) is 5.95. The van der Waals surface area contributed by atoms with Crippen molar-refractivity contribution in [3.63, 3.8) is 0 Å². The van der Waals surface area contributed by atoms with Crippen LogP contribution in [0.3, 0.4) is 0 Å². The summed E-state index contributed by atoms with van der Waals surface area (Å²) in [6.45, 7) is 1.59. The van der Waals surface area contributed by atoms with Gasteiger partial charge in [-0.25, -0.2) is 0 Å². The monoisotopic (exact) mass is 408 g/mol. The first-order valence-electron chi connectivity index (χ1n) is 10.1. The minimum Gasteiger partial charge on any atom is -0.354 e. The molecule has 1 fully saturated rings. The Labute approximate surface area is 175 Å². The molecule has 0 bridgehead atoms. The average Bonchev–Trinajstić information content (AvgIpc) is 3.03. The summed E-state index contributed by atoms with van der Waals surface area (Å²) in [5, 5.41) is 11.9. The van der Waals surface area contributed by atoms with Gasteiger partial charge in [0, 0.05) is 53.1 Å². The van der Waals surface area contributed by atoms with E-state index >= 15 is 0 Å². The van der Waals surface area contributed by atoms with Gasteiger partial charge < -0.3 is 5.32 Å². The number of benzene rings is 1. The number of pyridine rings is 1. The Morgan fingerprint density at radius 3 is 2.52 bits per heavy atom. The third kappa shape index (κ3) is 4.51. The molecule has 150 valence electrons. The Morgan fingerprint density at radius 1 is 1.03 bits per heavy atom. The fourth-order valence-electron chi connectivity index (χ4n) is 4.30. The quantitative estimate of drug-likeness (QED) is 0.572. The fraction of sp³-hybridized carbons (Fsp3) is 0.348. The Bertz CT molecular complexity index is 968. The number of amides is 1. The molecule has 2 unspecified atom stereocenters. The minimum absolute atomic E-state index is 0.0532. The molecule has 4 rings (SSSR count). The van der Waals surface area contributed by atoms with E-state index in [0.717, 1.165) is 54.5 Å². The van der Waals surface area contributed by atoms with E-state index in [9.17, 15) is 4.79 Å². The maximum absolute atomic E-state index is 11.5. The molecule has 2 N–H and O–H groups in total. The van der Waals surface area contributed by atoms with Gasteiger partial charge in [0.15, 0.2) is 0 Å². The van der Waals surface area contributed by atoms with Crippen LogP contribution in [-0.4, -0.2) is 27.1 Å². The third-order valence-corrected chi connectivity index (χ3v) is 5.92. The highest BCUT2D eigenvalue weighted by atomic mass is 35.5. The summed E-state index contributed by atoms with van der Waals surface area (Å²) in [4.78, 5) is 15.6. The van der Waals surface area contributed by atoms with Gasteiger partial charge in [0.2, 0.25) is 5.91 Å². The molecule has 1 aliphatic rings. The molecule has 3 aromatic rings. The van der Waals surface area contributed by atoms with E-state index in [1.54, 1.807) is 6.92 Å². The molecule has 1 aromatic carbocycles. The van der Waals surface area contributed by atoms with Crippen molar-refractivity contribution >= 4 is 17.5 Å². The summed E-state index contributed by atoms with van der Waals surface area (Å²) in [7, 11) is 0. The first-order valence-corrected chi connectivity index (χ1v) is 10.5. The van der Waals surface area contributed by atoms with Crippen LogP contribution >= 0.6 is 11.6 Å². The zero-order chi connectivity index (χ0) is 20.2. The molecular formula is C23H25ClN4O. The van der Waals surface area contributed by atoms with Gasteiger partial charge in [-0.3, -0.25) is 14.9 Å². The number of hydrogen-bond acceptors (Lipinski definition) is 3. The standard InChI is InChI=1S/C23H25ClN4O/c1-15(29)26-20-4-2-3-17(7-10-20)22-21(16-11-13-25-14-12-16)23(28-27-22)18-5-8-19(24)9-6-18/h5-6,8-9,11-14,17,20H,2-4,7,10H2,1H3,(H,26,29)(H,27,28). The summed E-state index contributed by atoms with van der Waals surface area (Å²) < 4.78 is 0. The maximum Gasteiger partial charge on any atom is 0.217 e. The van der Waals surface area contributed by atoms with E-state index in [-0.39, 0.29) is 11.9 Å². The lowest BCUT2D eigenvalue weighted by molar-refractivity contribution is -0.119. The van der Waals surface area contributed by atoms with Crippen LogP contribution in [0.15, 0.2) is 48.8 Å². The number of H-pyrrole nitrogens is 1. The van der Waals surface area contributed by atoms with Crippen LogP contribution in [0.5, 0.6) is 0 Å². The lowest BCUT2D eigenvalue weighted by atomic mass is 9.89. The second-order valence-corrected chi connectivity index (χ2v) is 8.14. The summed E-state index contributed by atoms with van der Waals surface area (Å²) in [6.07, 6.45) is 8.83. The van der Waals surface area contributed by atoms with Crippen molar-refractivity contribution in [1.82, 2.24) is 20.5 Å². The van der Waals surface area contributed by atoms with E-state index in [1.165, 1.54) is 5.69 Å². The molecule has 2 heterocycles. The van der Waals surface area contributed by atoms with Gasteiger partial charge >= 0.3 is 0 Å². The summed E-state index contributed by atoms with van der Waals surface area (Å²) in [5.74, 6) is 0.433. The molecule has 1 aliphatic carbocycles. The van der Waals surface area contributed by atoms with Crippen LogP contribution < -0.4 is 5.32 Å². The van der Waals surface area contributed by atoms with Gasteiger partial charge in [0.05, 0.1) is 0 Å². The SMILES string of the molecule is CC(=O)NC1CCCC(c2[nH]nc(-c3ccc(Cl)cc3)c2-c2ccncc2)CC1. The van der Waals surface area contributed by atoms with E-state index in [0.29, 0.717) is 10.9 Å². The number of hydrogen-bond donors (Lipinski definition) is 2. The molecule has 29 heavy (non-hydrogen) atoms. The molecule has 6 heteroatoms. The Balaban J connectivity index is 1.70. The van der Waals surface area contributed by atoms with Crippen molar-refractivity contribution in [1.29, 1.82) is 0 Å². The summed E-state index contributed by atoms with van der Waals surface area (Å²) in [6, 6.07) is 12.1. The van der Waals surface area contributed by atoms with E-state index < -0.39 is 0 Å². The zero-order valence-electron chi connectivity index (χ0n) is 16.5. The van der Waals surface area contributed by atoms with Gasteiger partial charge in [0.25, 0.3) is 0 Å². The Morgan fingerprint density at radius 2 is 1.79 bits per heavy atom. The highest BCUT2D eigenvalue weighted by Gasteiger charge is 2.26. The second-order valence-electron chi connectivity index (χ2n) is 7.71. The van der Waals surface area contributed by atoms with Gasteiger partial charge in [-0.15, -0.1) is 0 Å².